The van der Waals surface area contributed by atoms with Crippen molar-refractivity contribution in [2.45, 2.75) is 26.3 Å². The quantitative estimate of drug-likeness (QED) is 0.738. The van der Waals surface area contributed by atoms with Crippen LogP contribution < -0.4 is 4.90 Å². The number of pyridine rings is 2. The summed E-state index contributed by atoms with van der Waals surface area (Å²) in [5.74, 6) is 1.37. The Morgan fingerprint density at radius 3 is 2.56 bits per heavy atom. The van der Waals surface area contributed by atoms with Gasteiger partial charge in [-0.25, -0.2) is 9.97 Å². The van der Waals surface area contributed by atoms with Gasteiger partial charge in [0.2, 0.25) is 5.91 Å². The van der Waals surface area contributed by atoms with Gasteiger partial charge in [-0.3, -0.25) is 19.7 Å². The van der Waals surface area contributed by atoms with E-state index in [0.29, 0.717) is 31.0 Å². The third-order valence-electron chi connectivity index (χ3n) is 4.32. The smallest absolute Gasteiger partial charge is 0.228 e. The molecule has 1 aliphatic rings. The molecule has 0 aliphatic carbocycles. The number of carbonyl (C=O) groups is 1. The van der Waals surface area contributed by atoms with Gasteiger partial charge in [-0.05, 0) is 37.1 Å². The maximum Gasteiger partial charge on any atom is 0.228 e. The third-order valence-corrected chi connectivity index (χ3v) is 4.32. The number of hydrogen-bond donors (Lipinski definition) is 0. The fourth-order valence-corrected chi connectivity index (χ4v) is 3.04. The Balaban J connectivity index is 1.79. The molecule has 1 aliphatic heterocycles. The SMILES string of the molecule is Cc1nc(-c2cccnc2)nc2c1CCC(=O)N2Cc1cccnc1. The van der Waals surface area contributed by atoms with Crippen molar-refractivity contribution in [3.05, 3.63) is 65.9 Å². The number of carbonyl (C=O) groups excluding carboxylic acids is 1. The van der Waals surface area contributed by atoms with Gasteiger partial charge in [0, 0.05) is 48.0 Å². The highest BCUT2D eigenvalue weighted by Gasteiger charge is 2.28. The number of amides is 1. The first kappa shape index (κ1) is 15.4. The highest BCUT2D eigenvalue weighted by Crippen LogP contribution is 2.31. The molecule has 124 valence electrons. The minimum absolute atomic E-state index is 0.0755. The van der Waals surface area contributed by atoms with E-state index in [2.05, 4.69) is 15.0 Å². The average molecular weight is 331 g/mol. The molecule has 3 aromatic rings. The van der Waals surface area contributed by atoms with Crippen LogP contribution in [0.15, 0.2) is 49.1 Å². The first-order chi connectivity index (χ1) is 12.2. The lowest BCUT2D eigenvalue weighted by Gasteiger charge is -2.29. The van der Waals surface area contributed by atoms with E-state index in [1.807, 2.05) is 31.2 Å². The molecule has 0 aromatic carbocycles. The zero-order valence-corrected chi connectivity index (χ0v) is 13.9. The lowest BCUT2D eigenvalue weighted by atomic mass is 10.0. The average Bonchev–Trinajstić information content (AvgIpc) is 2.65. The topological polar surface area (TPSA) is 71.9 Å². The summed E-state index contributed by atoms with van der Waals surface area (Å²) in [5.41, 5.74) is 3.76. The maximum atomic E-state index is 12.6. The van der Waals surface area contributed by atoms with Crippen molar-refractivity contribution in [3.63, 3.8) is 0 Å². The Morgan fingerprint density at radius 1 is 1.04 bits per heavy atom. The fraction of sp³-hybridized carbons (Fsp3) is 0.211. The highest BCUT2D eigenvalue weighted by atomic mass is 16.2. The van der Waals surface area contributed by atoms with Crippen molar-refractivity contribution in [1.82, 2.24) is 19.9 Å². The monoisotopic (exact) mass is 331 g/mol. The fourth-order valence-electron chi connectivity index (χ4n) is 3.04. The normalized spacial score (nSPS) is 13.6. The van der Waals surface area contributed by atoms with E-state index in [1.54, 1.807) is 29.7 Å². The number of hydrogen-bond acceptors (Lipinski definition) is 5. The standard InChI is InChI=1S/C19H17N5O/c1-13-16-6-7-17(25)24(12-14-4-2-8-20-10-14)19(16)23-18(22-13)15-5-3-9-21-11-15/h2-5,8-11H,6-7,12H2,1H3. The van der Waals surface area contributed by atoms with E-state index in [-0.39, 0.29) is 5.91 Å². The number of aryl methyl sites for hydroxylation is 1. The van der Waals surface area contributed by atoms with Crippen LogP contribution in [0.3, 0.4) is 0 Å². The van der Waals surface area contributed by atoms with Crippen LogP contribution in [0.2, 0.25) is 0 Å². The summed E-state index contributed by atoms with van der Waals surface area (Å²) in [5, 5.41) is 0. The van der Waals surface area contributed by atoms with Crippen molar-refractivity contribution in [3.8, 4) is 11.4 Å². The summed E-state index contributed by atoms with van der Waals surface area (Å²) in [6.45, 7) is 2.43. The summed E-state index contributed by atoms with van der Waals surface area (Å²) in [6, 6.07) is 7.61. The second kappa shape index (κ2) is 6.39. The maximum absolute atomic E-state index is 12.6. The molecule has 6 nitrogen and oxygen atoms in total. The van der Waals surface area contributed by atoms with Crippen molar-refractivity contribution >= 4 is 11.7 Å². The molecule has 4 rings (SSSR count). The molecule has 0 N–H and O–H groups in total. The van der Waals surface area contributed by atoms with E-state index in [1.165, 1.54) is 0 Å². The van der Waals surface area contributed by atoms with Gasteiger partial charge in [0.1, 0.15) is 5.82 Å². The van der Waals surface area contributed by atoms with Crippen molar-refractivity contribution in [2.75, 3.05) is 4.90 Å². The Bertz CT molecular complexity index is 912. The molecule has 0 saturated heterocycles. The van der Waals surface area contributed by atoms with Crippen LogP contribution in [0.25, 0.3) is 11.4 Å². The Kier molecular flexibility index (Phi) is 3.93. The van der Waals surface area contributed by atoms with E-state index >= 15 is 0 Å². The van der Waals surface area contributed by atoms with Crippen molar-refractivity contribution < 1.29 is 4.79 Å². The molecule has 0 bridgehead atoms. The lowest BCUT2D eigenvalue weighted by Crippen LogP contribution is -2.36. The Morgan fingerprint density at radius 2 is 1.84 bits per heavy atom. The molecule has 3 aromatic heterocycles. The van der Waals surface area contributed by atoms with Crippen LogP contribution >= 0.6 is 0 Å². The van der Waals surface area contributed by atoms with Gasteiger partial charge in [-0.15, -0.1) is 0 Å². The summed E-state index contributed by atoms with van der Waals surface area (Å²) in [6.07, 6.45) is 8.10. The van der Waals surface area contributed by atoms with Crippen LogP contribution in [-0.2, 0) is 17.8 Å². The molecule has 0 unspecified atom stereocenters. The zero-order chi connectivity index (χ0) is 17.2. The summed E-state index contributed by atoms with van der Waals surface area (Å²) < 4.78 is 0. The van der Waals surface area contributed by atoms with E-state index in [4.69, 9.17) is 4.98 Å². The molecule has 4 heterocycles. The molecule has 0 saturated carbocycles. The van der Waals surface area contributed by atoms with Gasteiger partial charge < -0.3 is 0 Å². The molecule has 25 heavy (non-hydrogen) atoms. The number of nitrogens with zero attached hydrogens (tertiary/aromatic N) is 5. The molecule has 1 amide bonds. The van der Waals surface area contributed by atoms with Crippen LogP contribution in [0.4, 0.5) is 5.82 Å². The molecule has 0 spiro atoms. The summed E-state index contributed by atoms with van der Waals surface area (Å²) in [4.78, 5) is 31.9. The number of anilines is 1. The highest BCUT2D eigenvalue weighted by molar-refractivity contribution is 5.95. The Hall–Kier alpha value is -3.15. The largest absolute Gasteiger partial charge is 0.292 e. The summed E-state index contributed by atoms with van der Waals surface area (Å²) in [7, 11) is 0. The van der Waals surface area contributed by atoms with Gasteiger partial charge in [-0.1, -0.05) is 6.07 Å². The number of aromatic nitrogens is 4. The van der Waals surface area contributed by atoms with Gasteiger partial charge in [0.15, 0.2) is 5.82 Å². The zero-order valence-electron chi connectivity index (χ0n) is 13.9. The van der Waals surface area contributed by atoms with Gasteiger partial charge >= 0.3 is 0 Å². The summed E-state index contributed by atoms with van der Waals surface area (Å²) >= 11 is 0. The van der Waals surface area contributed by atoms with Crippen molar-refractivity contribution in [1.29, 1.82) is 0 Å². The molecule has 0 radical (unpaired) electrons. The van der Waals surface area contributed by atoms with E-state index in [9.17, 15) is 4.79 Å². The molecular weight excluding hydrogens is 314 g/mol. The number of fused-ring (bicyclic) bond motifs is 1. The van der Waals surface area contributed by atoms with Gasteiger partial charge in [0.05, 0.1) is 6.54 Å². The number of rotatable bonds is 3. The van der Waals surface area contributed by atoms with Gasteiger partial charge in [0.25, 0.3) is 0 Å². The first-order valence-electron chi connectivity index (χ1n) is 8.19. The molecule has 6 heteroatoms. The first-order valence-corrected chi connectivity index (χ1v) is 8.19. The van der Waals surface area contributed by atoms with E-state index in [0.717, 1.165) is 22.4 Å². The molecular formula is C19H17N5O. The van der Waals surface area contributed by atoms with E-state index < -0.39 is 0 Å². The second-order valence-corrected chi connectivity index (χ2v) is 6.02. The van der Waals surface area contributed by atoms with Crippen molar-refractivity contribution in [2.24, 2.45) is 0 Å². The second-order valence-electron chi connectivity index (χ2n) is 6.02. The lowest BCUT2D eigenvalue weighted by molar-refractivity contribution is -0.119. The van der Waals surface area contributed by atoms with Crippen LogP contribution in [-0.4, -0.2) is 25.8 Å². The van der Waals surface area contributed by atoms with Crippen LogP contribution in [0, 0.1) is 6.92 Å². The van der Waals surface area contributed by atoms with Crippen LogP contribution in [0.5, 0.6) is 0 Å². The minimum Gasteiger partial charge on any atom is -0.292 e. The van der Waals surface area contributed by atoms with Gasteiger partial charge in [-0.2, -0.15) is 0 Å². The predicted molar refractivity (Wildman–Crippen MR) is 93.7 cm³/mol. The molecule has 0 atom stereocenters. The predicted octanol–water partition coefficient (Wildman–Crippen LogP) is 2.72. The van der Waals surface area contributed by atoms with Crippen LogP contribution in [0.1, 0.15) is 23.2 Å². The third kappa shape index (κ3) is 2.98. The minimum atomic E-state index is 0.0755. The molecule has 0 fully saturated rings. The Labute approximate surface area is 145 Å².